The summed E-state index contributed by atoms with van der Waals surface area (Å²) in [7, 11) is 0. The van der Waals surface area contributed by atoms with Crippen LogP contribution in [0.15, 0.2) is 18.2 Å². The summed E-state index contributed by atoms with van der Waals surface area (Å²) in [6.45, 7) is 1.26. The molecule has 2 aliphatic heterocycles. The molecule has 2 heterocycles. The molecule has 1 aromatic rings. The molecule has 2 spiro atoms. The van der Waals surface area contributed by atoms with E-state index in [2.05, 4.69) is 5.32 Å². The molecule has 3 amide bonds. The van der Waals surface area contributed by atoms with Gasteiger partial charge in [0.1, 0.15) is 23.7 Å². The lowest BCUT2D eigenvalue weighted by Crippen LogP contribution is -2.53. The molecule has 0 bridgehead atoms. The Labute approximate surface area is 160 Å². The Morgan fingerprint density at radius 1 is 1.19 bits per heavy atom. The van der Waals surface area contributed by atoms with Gasteiger partial charge in [-0.15, -0.1) is 0 Å². The number of amides is 3. The monoisotopic (exact) mass is 398 g/mol. The Morgan fingerprint density at radius 2 is 1.89 bits per heavy atom. The third kappa shape index (κ3) is 3.37. The first-order valence-corrected chi connectivity index (χ1v) is 9.31. The van der Waals surface area contributed by atoms with Crippen molar-refractivity contribution in [3.63, 3.8) is 0 Å². The molecular formula is C18H20ClFN2O5. The molecule has 1 aliphatic carbocycles. The van der Waals surface area contributed by atoms with Crippen LogP contribution in [0.25, 0.3) is 0 Å². The van der Waals surface area contributed by atoms with E-state index in [1.807, 2.05) is 0 Å². The van der Waals surface area contributed by atoms with E-state index in [1.54, 1.807) is 0 Å². The molecule has 0 aromatic heterocycles. The molecule has 9 heteroatoms. The largest absolute Gasteiger partial charge is 0.490 e. The first kappa shape index (κ1) is 18.5. The first-order valence-electron chi connectivity index (χ1n) is 8.93. The van der Waals surface area contributed by atoms with Crippen molar-refractivity contribution in [2.75, 3.05) is 26.4 Å². The number of hydrogen-bond acceptors (Lipinski definition) is 5. The normalized spacial score (nSPS) is 23.3. The van der Waals surface area contributed by atoms with Crippen LogP contribution in [-0.4, -0.2) is 54.5 Å². The molecule has 1 aromatic carbocycles. The zero-order valence-electron chi connectivity index (χ0n) is 14.6. The fraction of sp³-hybridized carbons (Fsp3) is 0.556. The highest BCUT2D eigenvalue weighted by molar-refractivity contribution is 6.32. The van der Waals surface area contributed by atoms with Gasteiger partial charge < -0.3 is 19.5 Å². The minimum atomic E-state index is -0.898. The summed E-state index contributed by atoms with van der Waals surface area (Å²) in [6.07, 6.45) is 2.07. The van der Waals surface area contributed by atoms with Crippen LogP contribution in [0.1, 0.15) is 25.7 Å². The highest BCUT2D eigenvalue weighted by Crippen LogP contribution is 2.42. The van der Waals surface area contributed by atoms with Gasteiger partial charge in [0.2, 0.25) is 0 Å². The van der Waals surface area contributed by atoms with E-state index in [9.17, 15) is 14.0 Å². The van der Waals surface area contributed by atoms with E-state index in [0.29, 0.717) is 44.6 Å². The number of benzene rings is 1. The van der Waals surface area contributed by atoms with Crippen molar-refractivity contribution < 1.29 is 28.2 Å². The molecule has 2 saturated heterocycles. The number of hydrogen-bond donors (Lipinski definition) is 1. The smallest absolute Gasteiger partial charge is 0.325 e. The Kier molecular flexibility index (Phi) is 4.73. The van der Waals surface area contributed by atoms with Gasteiger partial charge in [-0.1, -0.05) is 11.6 Å². The number of carbonyl (C=O) groups excluding carboxylic acids is 2. The van der Waals surface area contributed by atoms with Gasteiger partial charge in [-0.05, 0) is 31.0 Å². The van der Waals surface area contributed by atoms with Crippen molar-refractivity contribution in [2.45, 2.75) is 37.0 Å². The van der Waals surface area contributed by atoms with Crippen LogP contribution in [0.4, 0.5) is 9.18 Å². The maximum absolute atomic E-state index is 13.1. The Balaban J connectivity index is 1.36. The molecule has 1 N–H and O–H groups in total. The second-order valence-corrected chi connectivity index (χ2v) is 7.41. The summed E-state index contributed by atoms with van der Waals surface area (Å²) in [5.41, 5.74) is -0.898. The second kappa shape index (κ2) is 6.92. The number of rotatable bonds is 4. The molecule has 0 radical (unpaired) electrons. The van der Waals surface area contributed by atoms with Crippen LogP contribution in [0.5, 0.6) is 5.75 Å². The Hall–Kier alpha value is -1.90. The SMILES string of the molecule is O=C1NC2(CCC3(CC2)OCCO3)C(=O)N1CCOc1ccc(F)cc1Cl. The van der Waals surface area contributed by atoms with E-state index < -0.39 is 23.2 Å². The fourth-order valence-corrected chi connectivity index (χ4v) is 4.12. The van der Waals surface area contributed by atoms with E-state index in [1.165, 1.54) is 12.1 Å². The van der Waals surface area contributed by atoms with Gasteiger partial charge in [0.25, 0.3) is 5.91 Å². The van der Waals surface area contributed by atoms with Crippen molar-refractivity contribution in [1.29, 1.82) is 0 Å². The average molecular weight is 399 g/mol. The lowest BCUT2D eigenvalue weighted by molar-refractivity contribution is -0.186. The number of ether oxygens (including phenoxy) is 3. The standard InChI is InChI=1S/C18H20ClFN2O5/c19-13-11-12(20)1-2-14(13)25-8-7-22-15(23)17(21-16(22)24)3-5-18(6-4-17)26-9-10-27-18/h1-2,11H,3-10H2,(H,21,24). The molecule has 3 aliphatic rings. The molecule has 146 valence electrons. The quantitative estimate of drug-likeness (QED) is 0.788. The van der Waals surface area contributed by atoms with E-state index in [0.717, 1.165) is 11.0 Å². The van der Waals surface area contributed by atoms with Crippen molar-refractivity contribution in [1.82, 2.24) is 10.2 Å². The van der Waals surface area contributed by atoms with Crippen LogP contribution < -0.4 is 10.1 Å². The van der Waals surface area contributed by atoms with Crippen LogP contribution in [0, 0.1) is 5.82 Å². The molecule has 1 saturated carbocycles. The molecule has 0 unspecified atom stereocenters. The summed E-state index contributed by atoms with van der Waals surface area (Å²) >= 11 is 5.91. The molecule has 3 fully saturated rings. The highest BCUT2D eigenvalue weighted by atomic mass is 35.5. The van der Waals surface area contributed by atoms with Gasteiger partial charge >= 0.3 is 6.03 Å². The van der Waals surface area contributed by atoms with Crippen LogP contribution in [0.2, 0.25) is 5.02 Å². The first-order chi connectivity index (χ1) is 12.9. The zero-order chi connectivity index (χ0) is 19.1. The topological polar surface area (TPSA) is 77.1 Å². The van der Waals surface area contributed by atoms with Crippen molar-refractivity contribution >= 4 is 23.5 Å². The van der Waals surface area contributed by atoms with Gasteiger partial charge in [-0.3, -0.25) is 9.69 Å². The van der Waals surface area contributed by atoms with Gasteiger partial charge in [0.05, 0.1) is 24.8 Å². The lowest BCUT2D eigenvalue weighted by Gasteiger charge is -2.39. The third-order valence-corrected chi connectivity index (χ3v) is 5.69. The maximum atomic E-state index is 13.1. The summed E-state index contributed by atoms with van der Waals surface area (Å²) < 4.78 is 29.9. The summed E-state index contributed by atoms with van der Waals surface area (Å²) in [5, 5.41) is 2.97. The molecule has 7 nitrogen and oxygen atoms in total. The Morgan fingerprint density at radius 3 is 2.56 bits per heavy atom. The molecule has 27 heavy (non-hydrogen) atoms. The van der Waals surface area contributed by atoms with Gasteiger partial charge in [0, 0.05) is 12.8 Å². The maximum Gasteiger partial charge on any atom is 0.325 e. The fourth-order valence-electron chi connectivity index (χ4n) is 3.90. The number of urea groups is 1. The summed E-state index contributed by atoms with van der Waals surface area (Å²) in [5.74, 6) is -1.02. The van der Waals surface area contributed by atoms with Crippen LogP contribution >= 0.6 is 11.6 Å². The Bertz CT molecular complexity index is 758. The van der Waals surface area contributed by atoms with Gasteiger partial charge in [0.15, 0.2) is 5.79 Å². The van der Waals surface area contributed by atoms with Crippen molar-refractivity contribution in [3.05, 3.63) is 29.0 Å². The summed E-state index contributed by atoms with van der Waals surface area (Å²) in [6, 6.07) is 3.35. The van der Waals surface area contributed by atoms with E-state index >= 15 is 0 Å². The minimum Gasteiger partial charge on any atom is -0.490 e. The van der Waals surface area contributed by atoms with E-state index in [4.69, 9.17) is 25.8 Å². The second-order valence-electron chi connectivity index (χ2n) is 7.00. The van der Waals surface area contributed by atoms with Crippen molar-refractivity contribution in [3.8, 4) is 5.75 Å². The highest BCUT2D eigenvalue weighted by Gasteiger charge is 2.56. The number of nitrogens with one attached hydrogen (secondary N) is 1. The number of imide groups is 1. The lowest BCUT2D eigenvalue weighted by atomic mass is 9.78. The van der Waals surface area contributed by atoms with Gasteiger partial charge in [-0.25, -0.2) is 9.18 Å². The van der Waals surface area contributed by atoms with Crippen LogP contribution in [-0.2, 0) is 14.3 Å². The predicted molar refractivity (Wildman–Crippen MR) is 93.0 cm³/mol. The third-order valence-electron chi connectivity index (χ3n) is 5.39. The number of nitrogens with zero attached hydrogens (tertiary/aromatic N) is 1. The molecular weight excluding hydrogens is 379 g/mol. The predicted octanol–water partition coefficient (Wildman–Crippen LogP) is 2.47. The average Bonchev–Trinajstić information content (AvgIpc) is 3.18. The minimum absolute atomic E-state index is 0.0662. The van der Waals surface area contributed by atoms with Crippen molar-refractivity contribution in [2.24, 2.45) is 0 Å². The van der Waals surface area contributed by atoms with Gasteiger partial charge in [-0.2, -0.15) is 0 Å². The summed E-state index contributed by atoms with van der Waals surface area (Å²) in [4.78, 5) is 26.4. The molecule has 4 rings (SSSR count). The zero-order valence-corrected chi connectivity index (χ0v) is 15.4. The number of halogens is 2. The van der Waals surface area contributed by atoms with E-state index in [-0.39, 0.29) is 24.1 Å². The molecule has 0 atom stereocenters. The van der Waals surface area contributed by atoms with Crippen LogP contribution in [0.3, 0.4) is 0 Å². The number of carbonyl (C=O) groups is 2.